The number of benzene rings is 2. The van der Waals surface area contributed by atoms with Gasteiger partial charge in [0, 0.05) is 44.7 Å². The lowest BCUT2D eigenvalue weighted by Gasteiger charge is -2.24. The Kier molecular flexibility index (Phi) is 5.15. The zero-order chi connectivity index (χ0) is 21.4. The Morgan fingerprint density at radius 2 is 2.10 bits per heavy atom. The molecule has 1 amide bonds. The number of hydrogen-bond acceptors (Lipinski definition) is 4. The third-order valence-corrected chi connectivity index (χ3v) is 5.60. The molecule has 156 valence electrons. The van der Waals surface area contributed by atoms with Gasteiger partial charge in [-0.3, -0.25) is 9.79 Å². The average molecular weight is 412 g/mol. The molecule has 0 radical (unpaired) electrons. The number of carbonyl (C=O) groups excluding carboxylic acids is 1. The number of H-pyrrole nitrogens is 1. The standard InChI is InChI=1S/C22H22F2N4O2/c1-13(29)27(2)16-7-8-28(12-16)21-6-4-15(10-19(21)24)25-11-18-17-5-3-14(23)9-20(17)26-22(18)30/h3-6,9-11,16,26,30H,7-8,12H2,1-2H3. The molecule has 1 aromatic heterocycles. The van der Waals surface area contributed by atoms with Crippen molar-refractivity contribution in [3.05, 3.63) is 53.6 Å². The fourth-order valence-corrected chi connectivity index (χ4v) is 3.81. The van der Waals surface area contributed by atoms with Crippen molar-refractivity contribution in [1.82, 2.24) is 9.88 Å². The number of aromatic hydroxyl groups is 1. The number of fused-ring (bicyclic) bond motifs is 1. The molecule has 4 rings (SSSR count). The summed E-state index contributed by atoms with van der Waals surface area (Å²) in [6, 6.07) is 8.90. The SMILES string of the molecule is CC(=O)N(C)C1CCN(c2ccc(N=Cc3c(O)[nH]c4cc(F)ccc34)cc2F)C1. The number of nitrogens with zero attached hydrogens (tertiary/aromatic N) is 3. The third kappa shape index (κ3) is 3.72. The van der Waals surface area contributed by atoms with Gasteiger partial charge in [-0.15, -0.1) is 0 Å². The second-order valence-corrected chi connectivity index (χ2v) is 7.49. The predicted octanol–water partition coefficient (Wildman–Crippen LogP) is 3.96. The van der Waals surface area contributed by atoms with Crippen molar-refractivity contribution in [2.75, 3.05) is 25.0 Å². The fraction of sp³-hybridized carbons (Fsp3) is 0.273. The van der Waals surface area contributed by atoms with E-state index in [1.807, 2.05) is 4.90 Å². The fourth-order valence-electron chi connectivity index (χ4n) is 3.81. The van der Waals surface area contributed by atoms with Crippen LogP contribution in [-0.2, 0) is 4.79 Å². The van der Waals surface area contributed by atoms with Gasteiger partial charge in [0.25, 0.3) is 0 Å². The smallest absolute Gasteiger partial charge is 0.219 e. The Morgan fingerprint density at radius 1 is 1.30 bits per heavy atom. The monoisotopic (exact) mass is 412 g/mol. The molecule has 0 spiro atoms. The molecule has 30 heavy (non-hydrogen) atoms. The van der Waals surface area contributed by atoms with Crippen LogP contribution in [0.25, 0.3) is 10.9 Å². The topological polar surface area (TPSA) is 71.9 Å². The highest BCUT2D eigenvalue weighted by Crippen LogP contribution is 2.30. The van der Waals surface area contributed by atoms with Gasteiger partial charge in [0.2, 0.25) is 5.91 Å². The summed E-state index contributed by atoms with van der Waals surface area (Å²) < 4.78 is 28.1. The number of aliphatic imine (C=N–C) groups is 1. The quantitative estimate of drug-likeness (QED) is 0.637. The van der Waals surface area contributed by atoms with Crippen molar-refractivity contribution in [1.29, 1.82) is 0 Å². The van der Waals surface area contributed by atoms with Crippen LogP contribution in [-0.4, -0.2) is 53.3 Å². The molecule has 6 nitrogen and oxygen atoms in total. The molecule has 8 heteroatoms. The molecule has 1 saturated heterocycles. The van der Waals surface area contributed by atoms with Gasteiger partial charge >= 0.3 is 0 Å². The molecular formula is C22H22F2N4O2. The first-order valence-electron chi connectivity index (χ1n) is 9.65. The summed E-state index contributed by atoms with van der Waals surface area (Å²) in [5.74, 6) is -0.950. The molecule has 0 saturated carbocycles. The van der Waals surface area contributed by atoms with Gasteiger partial charge < -0.3 is 19.9 Å². The third-order valence-electron chi connectivity index (χ3n) is 5.60. The zero-order valence-electron chi connectivity index (χ0n) is 16.7. The van der Waals surface area contributed by atoms with Crippen LogP contribution < -0.4 is 4.90 Å². The van der Waals surface area contributed by atoms with E-state index in [-0.39, 0.29) is 17.8 Å². The molecule has 2 N–H and O–H groups in total. The maximum atomic E-state index is 14.7. The highest BCUT2D eigenvalue weighted by molar-refractivity contribution is 6.02. The van der Waals surface area contributed by atoms with E-state index in [2.05, 4.69) is 9.98 Å². The molecule has 2 aromatic carbocycles. The second-order valence-electron chi connectivity index (χ2n) is 7.49. The minimum absolute atomic E-state index is 0.00437. The van der Waals surface area contributed by atoms with Crippen LogP contribution in [0.1, 0.15) is 18.9 Å². The van der Waals surface area contributed by atoms with Crippen molar-refractivity contribution in [3.63, 3.8) is 0 Å². The van der Waals surface area contributed by atoms with Crippen molar-refractivity contribution in [3.8, 4) is 5.88 Å². The number of rotatable bonds is 4. The summed E-state index contributed by atoms with van der Waals surface area (Å²) in [4.78, 5) is 22.1. The van der Waals surface area contributed by atoms with Gasteiger partial charge in [-0.1, -0.05) is 0 Å². The molecule has 1 fully saturated rings. The van der Waals surface area contributed by atoms with E-state index in [9.17, 15) is 18.7 Å². The summed E-state index contributed by atoms with van der Waals surface area (Å²) in [5, 5.41) is 10.7. The Hall–Kier alpha value is -3.42. The average Bonchev–Trinajstić information content (AvgIpc) is 3.29. The van der Waals surface area contributed by atoms with Crippen LogP contribution in [0.3, 0.4) is 0 Å². The number of anilines is 1. The minimum atomic E-state index is -0.413. The lowest BCUT2D eigenvalue weighted by Crippen LogP contribution is -2.37. The Labute approximate surface area is 172 Å². The number of hydrogen-bond donors (Lipinski definition) is 2. The molecule has 2 heterocycles. The molecule has 3 aromatic rings. The van der Waals surface area contributed by atoms with E-state index < -0.39 is 11.6 Å². The van der Waals surface area contributed by atoms with Crippen molar-refractivity contribution in [2.45, 2.75) is 19.4 Å². The number of aromatic nitrogens is 1. The van der Waals surface area contributed by atoms with E-state index in [0.29, 0.717) is 40.9 Å². The van der Waals surface area contributed by atoms with Crippen LogP contribution in [0.2, 0.25) is 0 Å². The summed E-state index contributed by atoms with van der Waals surface area (Å²) in [7, 11) is 1.76. The largest absolute Gasteiger partial charge is 0.494 e. The molecular weight excluding hydrogens is 390 g/mol. The van der Waals surface area contributed by atoms with Gasteiger partial charge in [0.15, 0.2) is 5.88 Å². The van der Waals surface area contributed by atoms with Crippen molar-refractivity contribution < 1.29 is 18.7 Å². The molecule has 0 bridgehead atoms. The van der Waals surface area contributed by atoms with Crippen molar-refractivity contribution in [2.24, 2.45) is 4.99 Å². The van der Waals surface area contributed by atoms with E-state index in [1.165, 1.54) is 31.3 Å². The number of carbonyl (C=O) groups is 1. The number of likely N-dealkylation sites (N-methyl/N-ethyl adjacent to an activating group) is 1. The van der Waals surface area contributed by atoms with E-state index in [0.717, 1.165) is 6.42 Å². The highest BCUT2D eigenvalue weighted by Gasteiger charge is 2.28. The van der Waals surface area contributed by atoms with Crippen LogP contribution in [0.5, 0.6) is 5.88 Å². The molecule has 1 aliphatic rings. The minimum Gasteiger partial charge on any atom is -0.494 e. The summed E-state index contributed by atoms with van der Waals surface area (Å²) in [5.41, 5.74) is 1.72. The van der Waals surface area contributed by atoms with Crippen LogP contribution in [0.4, 0.5) is 20.2 Å². The van der Waals surface area contributed by atoms with Crippen LogP contribution in [0.15, 0.2) is 41.4 Å². The lowest BCUT2D eigenvalue weighted by molar-refractivity contribution is -0.129. The Bertz CT molecular complexity index is 1140. The lowest BCUT2D eigenvalue weighted by atomic mass is 10.2. The number of amides is 1. The maximum Gasteiger partial charge on any atom is 0.219 e. The summed E-state index contributed by atoms with van der Waals surface area (Å²) in [6.45, 7) is 2.77. The number of halogens is 2. The van der Waals surface area contributed by atoms with Gasteiger partial charge in [-0.25, -0.2) is 8.78 Å². The Morgan fingerprint density at radius 3 is 2.83 bits per heavy atom. The highest BCUT2D eigenvalue weighted by atomic mass is 19.1. The first kappa shape index (κ1) is 19.9. The van der Waals surface area contributed by atoms with E-state index >= 15 is 0 Å². The molecule has 1 atom stereocenters. The van der Waals surface area contributed by atoms with Gasteiger partial charge in [0.1, 0.15) is 11.6 Å². The maximum absolute atomic E-state index is 14.7. The van der Waals surface area contributed by atoms with E-state index in [1.54, 1.807) is 30.1 Å². The van der Waals surface area contributed by atoms with Crippen LogP contribution in [0, 0.1) is 11.6 Å². The normalized spacial score (nSPS) is 16.7. The van der Waals surface area contributed by atoms with Gasteiger partial charge in [0.05, 0.1) is 28.5 Å². The zero-order valence-corrected chi connectivity index (χ0v) is 16.7. The first-order valence-corrected chi connectivity index (χ1v) is 9.65. The Balaban J connectivity index is 1.53. The van der Waals surface area contributed by atoms with Gasteiger partial charge in [-0.2, -0.15) is 0 Å². The second kappa shape index (κ2) is 7.78. The first-order chi connectivity index (χ1) is 14.3. The van der Waals surface area contributed by atoms with E-state index in [4.69, 9.17) is 0 Å². The number of aromatic amines is 1. The molecule has 0 aliphatic carbocycles. The molecule has 1 aliphatic heterocycles. The van der Waals surface area contributed by atoms with Gasteiger partial charge in [-0.05, 0) is 36.8 Å². The summed E-state index contributed by atoms with van der Waals surface area (Å²) >= 11 is 0. The molecule has 1 unspecified atom stereocenters. The summed E-state index contributed by atoms with van der Waals surface area (Å²) in [6.07, 6.45) is 2.21. The number of nitrogens with one attached hydrogen (secondary N) is 1. The van der Waals surface area contributed by atoms with Crippen molar-refractivity contribution >= 4 is 34.4 Å². The predicted molar refractivity (Wildman–Crippen MR) is 113 cm³/mol. The van der Waals surface area contributed by atoms with Crippen LogP contribution >= 0.6 is 0 Å².